The Balaban J connectivity index is 1.56. The molecule has 1 aliphatic rings. The predicted molar refractivity (Wildman–Crippen MR) is 114 cm³/mol. The molecule has 9 nitrogen and oxygen atoms in total. The van der Waals surface area contributed by atoms with Crippen LogP contribution in [0.3, 0.4) is 0 Å². The van der Waals surface area contributed by atoms with E-state index < -0.39 is 0 Å². The number of aromatic nitrogens is 2. The molecule has 0 aliphatic carbocycles. The SMILES string of the molecule is CNC(=O)c1ccc(Oc2cc(OC)cc(-c3ccc(C4=NC[C@H](CO)O4)[nH]3)c2)cn1. The molecule has 0 bridgehead atoms. The van der Waals surface area contributed by atoms with Crippen LogP contribution in [0, 0.1) is 0 Å². The third-order valence-electron chi connectivity index (χ3n) is 4.70. The van der Waals surface area contributed by atoms with Gasteiger partial charge in [-0.15, -0.1) is 0 Å². The maximum atomic E-state index is 11.6. The highest BCUT2D eigenvalue weighted by Crippen LogP contribution is 2.32. The van der Waals surface area contributed by atoms with Gasteiger partial charge in [-0.1, -0.05) is 0 Å². The van der Waals surface area contributed by atoms with E-state index in [9.17, 15) is 9.90 Å². The average Bonchev–Trinajstić information content (AvgIpc) is 3.48. The molecule has 1 amide bonds. The highest BCUT2D eigenvalue weighted by atomic mass is 16.5. The Hall–Kier alpha value is -3.85. The summed E-state index contributed by atoms with van der Waals surface area (Å²) in [6.45, 7) is 0.361. The highest BCUT2D eigenvalue weighted by molar-refractivity contribution is 5.94. The number of hydrogen-bond donors (Lipinski definition) is 3. The number of hydrogen-bond acceptors (Lipinski definition) is 7. The summed E-state index contributed by atoms with van der Waals surface area (Å²) in [6.07, 6.45) is 1.19. The summed E-state index contributed by atoms with van der Waals surface area (Å²) in [7, 11) is 3.13. The lowest BCUT2D eigenvalue weighted by atomic mass is 10.1. The number of benzene rings is 1. The topological polar surface area (TPSA) is 118 Å². The summed E-state index contributed by atoms with van der Waals surface area (Å²) in [5.74, 6) is 1.87. The van der Waals surface area contributed by atoms with Gasteiger partial charge in [0.25, 0.3) is 5.91 Å². The number of amides is 1. The number of aliphatic hydroxyl groups is 1. The van der Waals surface area contributed by atoms with Gasteiger partial charge in [0.1, 0.15) is 34.7 Å². The fraction of sp³-hybridized carbons (Fsp3) is 0.227. The lowest BCUT2D eigenvalue weighted by molar-refractivity contribution is 0.0958. The van der Waals surface area contributed by atoms with Crippen molar-refractivity contribution in [2.45, 2.75) is 6.10 Å². The van der Waals surface area contributed by atoms with Crippen molar-refractivity contribution in [3.05, 3.63) is 60.0 Å². The number of nitrogens with one attached hydrogen (secondary N) is 2. The van der Waals surface area contributed by atoms with Gasteiger partial charge in [0.2, 0.25) is 5.90 Å². The van der Waals surface area contributed by atoms with Crippen molar-refractivity contribution >= 4 is 11.8 Å². The summed E-state index contributed by atoms with van der Waals surface area (Å²) < 4.78 is 17.0. The van der Waals surface area contributed by atoms with E-state index in [1.165, 1.54) is 6.20 Å². The van der Waals surface area contributed by atoms with E-state index in [0.717, 1.165) is 17.0 Å². The molecular formula is C22H22N4O5. The van der Waals surface area contributed by atoms with Gasteiger partial charge in [0, 0.05) is 24.4 Å². The Kier molecular flexibility index (Phi) is 5.85. The van der Waals surface area contributed by atoms with Crippen LogP contribution in [0.25, 0.3) is 11.3 Å². The summed E-state index contributed by atoms with van der Waals surface area (Å²) in [5.41, 5.74) is 2.70. The van der Waals surface area contributed by atoms with Crippen molar-refractivity contribution in [3.8, 4) is 28.5 Å². The number of rotatable bonds is 7. The minimum absolute atomic E-state index is 0.0733. The van der Waals surface area contributed by atoms with Crippen LogP contribution in [0.15, 0.2) is 53.7 Å². The number of aliphatic imine (C=N–C) groups is 1. The first-order valence-electron chi connectivity index (χ1n) is 9.66. The van der Waals surface area contributed by atoms with Crippen molar-refractivity contribution in [3.63, 3.8) is 0 Å². The van der Waals surface area contributed by atoms with E-state index >= 15 is 0 Å². The van der Waals surface area contributed by atoms with Gasteiger partial charge in [0.15, 0.2) is 0 Å². The molecule has 1 aromatic carbocycles. The first-order valence-corrected chi connectivity index (χ1v) is 9.66. The largest absolute Gasteiger partial charge is 0.497 e. The van der Waals surface area contributed by atoms with Crippen LogP contribution >= 0.6 is 0 Å². The van der Waals surface area contributed by atoms with E-state index in [-0.39, 0.29) is 18.6 Å². The maximum absolute atomic E-state index is 11.6. The Labute approximate surface area is 178 Å². The van der Waals surface area contributed by atoms with E-state index in [1.807, 2.05) is 24.3 Å². The predicted octanol–water partition coefficient (Wildman–Crippen LogP) is 2.37. The molecule has 9 heteroatoms. The van der Waals surface area contributed by atoms with Crippen LogP contribution in [0.1, 0.15) is 16.2 Å². The molecule has 1 aliphatic heterocycles. The minimum atomic E-state index is -0.304. The number of aromatic amines is 1. The molecule has 4 rings (SSSR count). The molecule has 31 heavy (non-hydrogen) atoms. The third-order valence-corrected chi connectivity index (χ3v) is 4.70. The molecular weight excluding hydrogens is 400 g/mol. The smallest absolute Gasteiger partial charge is 0.269 e. The molecule has 160 valence electrons. The van der Waals surface area contributed by atoms with Crippen LogP contribution < -0.4 is 14.8 Å². The first-order chi connectivity index (χ1) is 15.1. The molecule has 3 aromatic rings. The number of pyridine rings is 1. The molecule has 2 aromatic heterocycles. The van der Waals surface area contributed by atoms with Crippen LogP contribution in [0.4, 0.5) is 0 Å². The quantitative estimate of drug-likeness (QED) is 0.538. The van der Waals surface area contributed by atoms with Crippen LogP contribution in [0.5, 0.6) is 17.2 Å². The van der Waals surface area contributed by atoms with Gasteiger partial charge in [-0.05, 0) is 36.4 Å². The molecule has 0 spiro atoms. The lowest BCUT2D eigenvalue weighted by Gasteiger charge is -2.10. The Morgan fingerprint density at radius 1 is 1.19 bits per heavy atom. The number of methoxy groups -OCH3 is 1. The Morgan fingerprint density at radius 2 is 2.00 bits per heavy atom. The van der Waals surface area contributed by atoms with Crippen molar-refractivity contribution in [1.82, 2.24) is 15.3 Å². The number of aliphatic hydroxyl groups excluding tert-OH is 1. The van der Waals surface area contributed by atoms with Crippen molar-refractivity contribution in [1.29, 1.82) is 0 Å². The van der Waals surface area contributed by atoms with Gasteiger partial charge in [0.05, 0.1) is 26.5 Å². The molecule has 0 unspecified atom stereocenters. The van der Waals surface area contributed by atoms with Gasteiger partial charge in [-0.3, -0.25) is 4.79 Å². The highest BCUT2D eigenvalue weighted by Gasteiger charge is 2.21. The minimum Gasteiger partial charge on any atom is -0.497 e. The van der Waals surface area contributed by atoms with Crippen molar-refractivity contribution in [2.75, 3.05) is 27.3 Å². The summed E-state index contributed by atoms with van der Waals surface area (Å²) in [4.78, 5) is 23.3. The van der Waals surface area contributed by atoms with Crippen LogP contribution in [0.2, 0.25) is 0 Å². The summed E-state index contributed by atoms with van der Waals surface area (Å²) >= 11 is 0. The van der Waals surface area contributed by atoms with Gasteiger partial charge >= 0.3 is 0 Å². The number of carbonyl (C=O) groups excluding carboxylic acids is 1. The van der Waals surface area contributed by atoms with Crippen molar-refractivity contribution < 1.29 is 24.1 Å². The Bertz CT molecular complexity index is 1110. The molecule has 0 saturated carbocycles. The number of nitrogens with zero attached hydrogens (tertiary/aromatic N) is 2. The van der Waals surface area contributed by atoms with Crippen LogP contribution in [-0.2, 0) is 4.74 Å². The van der Waals surface area contributed by atoms with Crippen molar-refractivity contribution in [2.24, 2.45) is 4.99 Å². The average molecular weight is 422 g/mol. The number of H-pyrrole nitrogens is 1. The van der Waals surface area contributed by atoms with Crippen LogP contribution in [-0.4, -0.2) is 60.3 Å². The zero-order valence-electron chi connectivity index (χ0n) is 17.1. The summed E-state index contributed by atoms with van der Waals surface area (Å²) in [5, 5.41) is 11.7. The molecule has 0 fully saturated rings. The summed E-state index contributed by atoms with van der Waals surface area (Å²) in [6, 6.07) is 12.5. The standard InChI is InChI=1S/C22H22N4O5/c1-23-21(28)19-4-3-14(10-24-19)30-16-8-13(7-15(9-16)29-2)18-5-6-20(26-18)22-25-11-17(12-27)31-22/h3-10,17,26-27H,11-12H2,1-2H3,(H,23,28)/t17-/m1/s1. The van der Waals surface area contributed by atoms with Gasteiger partial charge < -0.3 is 29.6 Å². The maximum Gasteiger partial charge on any atom is 0.269 e. The molecule has 3 heterocycles. The van der Waals surface area contributed by atoms with Gasteiger partial charge in [-0.25, -0.2) is 9.98 Å². The normalized spacial score (nSPS) is 15.2. The second-order valence-electron chi connectivity index (χ2n) is 6.81. The molecule has 0 saturated heterocycles. The third kappa shape index (κ3) is 4.51. The van der Waals surface area contributed by atoms with Gasteiger partial charge in [-0.2, -0.15) is 0 Å². The zero-order valence-corrected chi connectivity index (χ0v) is 17.1. The fourth-order valence-electron chi connectivity index (χ4n) is 3.09. The van der Waals surface area contributed by atoms with E-state index in [1.54, 1.807) is 32.4 Å². The zero-order chi connectivity index (χ0) is 21.8. The Morgan fingerprint density at radius 3 is 2.68 bits per heavy atom. The first kappa shape index (κ1) is 20.4. The lowest BCUT2D eigenvalue weighted by Crippen LogP contribution is -2.18. The monoisotopic (exact) mass is 422 g/mol. The molecule has 3 N–H and O–H groups in total. The van der Waals surface area contributed by atoms with E-state index in [2.05, 4.69) is 20.3 Å². The second kappa shape index (κ2) is 8.88. The number of carbonyl (C=O) groups is 1. The number of ether oxygens (including phenoxy) is 3. The second-order valence-corrected chi connectivity index (χ2v) is 6.81. The van der Waals surface area contributed by atoms with E-state index in [0.29, 0.717) is 35.4 Å². The molecule has 0 radical (unpaired) electrons. The van der Waals surface area contributed by atoms with E-state index in [4.69, 9.17) is 14.2 Å². The molecule has 1 atom stereocenters. The fourth-order valence-corrected chi connectivity index (χ4v) is 3.09.